The Bertz CT molecular complexity index is 540. The predicted octanol–water partition coefficient (Wildman–Crippen LogP) is 0.987. The van der Waals surface area contributed by atoms with E-state index in [1.165, 1.54) is 0 Å². The molecule has 3 rings (SSSR count). The van der Waals surface area contributed by atoms with Gasteiger partial charge in [-0.1, -0.05) is 30.3 Å². The molecule has 0 aromatic heterocycles. The highest BCUT2D eigenvalue weighted by atomic mass is 16.5. The van der Waals surface area contributed by atoms with Crippen molar-refractivity contribution in [2.45, 2.75) is 24.7 Å². The Morgan fingerprint density at radius 2 is 2.18 bits per heavy atom. The molecule has 118 valence electrons. The van der Waals surface area contributed by atoms with Crippen LogP contribution in [0.15, 0.2) is 30.3 Å². The maximum Gasteiger partial charge on any atom is 0.233 e. The van der Waals surface area contributed by atoms with E-state index in [1.54, 1.807) is 0 Å². The molecule has 2 heterocycles. The van der Waals surface area contributed by atoms with Crippen LogP contribution in [0.1, 0.15) is 24.8 Å². The summed E-state index contributed by atoms with van der Waals surface area (Å²) in [4.78, 5) is 24.5. The van der Waals surface area contributed by atoms with Crippen molar-refractivity contribution in [1.29, 1.82) is 0 Å². The molecule has 5 nitrogen and oxygen atoms in total. The highest BCUT2D eigenvalue weighted by molar-refractivity contribution is 5.97. The molecule has 1 aromatic rings. The van der Waals surface area contributed by atoms with E-state index in [-0.39, 0.29) is 18.2 Å². The highest BCUT2D eigenvalue weighted by Gasteiger charge is 2.46. The van der Waals surface area contributed by atoms with Crippen molar-refractivity contribution in [2.24, 2.45) is 5.92 Å². The highest BCUT2D eigenvalue weighted by Crippen LogP contribution is 2.31. The van der Waals surface area contributed by atoms with Crippen molar-refractivity contribution in [2.75, 3.05) is 26.3 Å². The molecule has 2 aliphatic rings. The van der Waals surface area contributed by atoms with Gasteiger partial charge in [-0.3, -0.25) is 9.59 Å². The summed E-state index contributed by atoms with van der Waals surface area (Å²) >= 11 is 0. The molecule has 2 N–H and O–H groups in total. The molecule has 0 bridgehead atoms. The number of amides is 2. The topological polar surface area (TPSA) is 67.4 Å². The molecule has 0 unspecified atom stereocenters. The van der Waals surface area contributed by atoms with Gasteiger partial charge < -0.3 is 15.4 Å². The predicted molar refractivity (Wildman–Crippen MR) is 82.3 cm³/mol. The number of hydrogen-bond donors (Lipinski definition) is 2. The van der Waals surface area contributed by atoms with Crippen LogP contribution in [0, 0.1) is 5.92 Å². The van der Waals surface area contributed by atoms with Gasteiger partial charge in [0.1, 0.15) is 0 Å². The lowest BCUT2D eigenvalue weighted by Gasteiger charge is -2.28. The number of hydrogen-bond acceptors (Lipinski definition) is 3. The monoisotopic (exact) mass is 302 g/mol. The minimum Gasteiger partial charge on any atom is -0.381 e. The second-order valence-electron chi connectivity index (χ2n) is 6.19. The van der Waals surface area contributed by atoms with Gasteiger partial charge in [-0.05, 0) is 24.3 Å². The quantitative estimate of drug-likeness (QED) is 0.871. The maximum atomic E-state index is 12.8. The van der Waals surface area contributed by atoms with Gasteiger partial charge in [0, 0.05) is 26.1 Å². The third-order valence-corrected chi connectivity index (χ3v) is 4.62. The van der Waals surface area contributed by atoms with Crippen molar-refractivity contribution in [3.8, 4) is 0 Å². The third-order valence-electron chi connectivity index (χ3n) is 4.62. The van der Waals surface area contributed by atoms with Crippen molar-refractivity contribution in [3.05, 3.63) is 35.9 Å². The second-order valence-corrected chi connectivity index (χ2v) is 6.19. The molecule has 0 spiro atoms. The molecule has 0 aliphatic carbocycles. The first-order valence-corrected chi connectivity index (χ1v) is 7.89. The van der Waals surface area contributed by atoms with Gasteiger partial charge in [-0.25, -0.2) is 0 Å². The standard InChI is InChI=1S/C17H22N2O3/c20-15-9-17(12-19-15,14-6-2-1-3-7-14)16(21)18-10-13-5-4-8-22-11-13/h1-3,6-7,13H,4-5,8-12H2,(H,18,21)(H,19,20)/t13-,17-/m1/s1. The number of ether oxygens (including phenoxy) is 1. The maximum absolute atomic E-state index is 12.8. The van der Waals surface area contributed by atoms with E-state index in [9.17, 15) is 9.59 Å². The summed E-state index contributed by atoms with van der Waals surface area (Å²) in [6.07, 6.45) is 2.34. The lowest BCUT2D eigenvalue weighted by atomic mass is 9.78. The molecule has 5 heteroatoms. The van der Waals surface area contributed by atoms with Crippen molar-refractivity contribution < 1.29 is 14.3 Å². The Morgan fingerprint density at radius 3 is 2.82 bits per heavy atom. The number of carbonyl (C=O) groups excluding carboxylic acids is 2. The molecule has 2 amide bonds. The zero-order valence-electron chi connectivity index (χ0n) is 12.6. The van der Waals surface area contributed by atoms with Gasteiger partial charge >= 0.3 is 0 Å². The minimum atomic E-state index is -0.784. The minimum absolute atomic E-state index is 0.0670. The van der Waals surface area contributed by atoms with Crippen molar-refractivity contribution >= 4 is 11.8 Å². The molecule has 2 saturated heterocycles. The van der Waals surface area contributed by atoms with Gasteiger partial charge in [-0.2, -0.15) is 0 Å². The Balaban J connectivity index is 1.72. The molecular weight excluding hydrogens is 280 g/mol. The van der Waals surface area contributed by atoms with Gasteiger partial charge in [0.05, 0.1) is 12.0 Å². The number of benzene rings is 1. The molecule has 22 heavy (non-hydrogen) atoms. The first-order valence-electron chi connectivity index (χ1n) is 7.89. The normalized spacial score (nSPS) is 28.2. The van der Waals surface area contributed by atoms with E-state index in [4.69, 9.17) is 4.74 Å². The van der Waals surface area contributed by atoms with Crippen molar-refractivity contribution in [1.82, 2.24) is 10.6 Å². The van der Waals surface area contributed by atoms with Crippen LogP contribution >= 0.6 is 0 Å². The molecular formula is C17H22N2O3. The van der Waals surface area contributed by atoms with E-state index in [0.29, 0.717) is 25.6 Å². The molecule has 0 radical (unpaired) electrons. The summed E-state index contributed by atoms with van der Waals surface area (Å²) in [5, 5.41) is 5.85. The average Bonchev–Trinajstić information content (AvgIpc) is 2.98. The van der Waals surface area contributed by atoms with Gasteiger partial charge in [-0.15, -0.1) is 0 Å². The van der Waals surface area contributed by atoms with Crippen LogP contribution in [0.3, 0.4) is 0 Å². The average molecular weight is 302 g/mol. The Hall–Kier alpha value is -1.88. The van der Waals surface area contributed by atoms with E-state index in [1.807, 2.05) is 30.3 Å². The summed E-state index contributed by atoms with van der Waals surface area (Å²) in [6, 6.07) is 9.57. The van der Waals surface area contributed by atoms with Crippen LogP contribution in [0.2, 0.25) is 0 Å². The van der Waals surface area contributed by atoms with Crippen LogP contribution in [-0.4, -0.2) is 38.1 Å². The van der Waals surface area contributed by atoms with Crippen molar-refractivity contribution in [3.63, 3.8) is 0 Å². The first kappa shape index (κ1) is 15.0. The Kier molecular flexibility index (Phi) is 4.43. The summed E-state index contributed by atoms with van der Waals surface area (Å²) in [7, 11) is 0. The number of nitrogens with one attached hydrogen (secondary N) is 2. The third kappa shape index (κ3) is 2.99. The van der Waals surface area contributed by atoms with Gasteiger partial charge in [0.15, 0.2) is 0 Å². The van der Waals surface area contributed by atoms with Gasteiger partial charge in [0.25, 0.3) is 0 Å². The van der Waals surface area contributed by atoms with E-state index >= 15 is 0 Å². The fraction of sp³-hybridized carbons (Fsp3) is 0.529. The Labute approximate surface area is 130 Å². The Morgan fingerprint density at radius 1 is 1.36 bits per heavy atom. The fourth-order valence-electron chi connectivity index (χ4n) is 3.28. The molecule has 1 aromatic carbocycles. The fourth-order valence-corrected chi connectivity index (χ4v) is 3.28. The smallest absolute Gasteiger partial charge is 0.233 e. The summed E-state index contributed by atoms with van der Waals surface area (Å²) in [6.45, 7) is 2.50. The molecule has 2 fully saturated rings. The van der Waals surface area contributed by atoms with Crippen LogP contribution in [0.4, 0.5) is 0 Å². The summed E-state index contributed by atoms with van der Waals surface area (Å²) in [5.74, 6) is 0.234. The van der Waals surface area contributed by atoms with E-state index in [2.05, 4.69) is 10.6 Å². The largest absolute Gasteiger partial charge is 0.381 e. The summed E-state index contributed by atoms with van der Waals surface area (Å²) in [5.41, 5.74) is 0.110. The van der Waals surface area contributed by atoms with Gasteiger partial charge in [0.2, 0.25) is 11.8 Å². The lowest BCUT2D eigenvalue weighted by molar-refractivity contribution is -0.128. The number of rotatable bonds is 4. The van der Waals surface area contributed by atoms with Crippen LogP contribution in [0.25, 0.3) is 0 Å². The summed E-state index contributed by atoms with van der Waals surface area (Å²) < 4.78 is 5.45. The second kappa shape index (κ2) is 6.48. The molecule has 2 aliphatic heterocycles. The van der Waals surface area contributed by atoms with Crippen LogP contribution < -0.4 is 10.6 Å². The first-order chi connectivity index (χ1) is 10.7. The van der Waals surface area contributed by atoms with E-state index in [0.717, 1.165) is 25.0 Å². The number of carbonyl (C=O) groups is 2. The van der Waals surface area contributed by atoms with E-state index < -0.39 is 5.41 Å². The zero-order valence-corrected chi connectivity index (χ0v) is 12.6. The SMILES string of the molecule is O=C1C[C@](C(=O)NC[C@H]2CCCOC2)(c2ccccc2)CN1. The van der Waals surface area contributed by atoms with Crippen LogP contribution in [0.5, 0.6) is 0 Å². The molecule has 2 atom stereocenters. The molecule has 0 saturated carbocycles. The lowest BCUT2D eigenvalue weighted by Crippen LogP contribution is -2.47. The van der Waals surface area contributed by atoms with Crippen LogP contribution in [-0.2, 0) is 19.7 Å². The zero-order chi connectivity index (χ0) is 15.4.